The standard InChI is InChI=1S/C20H19BrN4OS/c1-12-17(13(2)25-24-12)11-14-7-9-15(10-8-14)22-20(27)23-19(26)16-5-3-4-6-18(16)21/h3-10H,11H2,1-2H3,(H,24,25)(H2,22,23,26,27). The summed E-state index contributed by atoms with van der Waals surface area (Å²) in [6, 6.07) is 15.2. The van der Waals surface area contributed by atoms with E-state index in [1.807, 2.05) is 50.2 Å². The number of hydrogen-bond acceptors (Lipinski definition) is 3. The number of carbonyl (C=O) groups is 1. The Morgan fingerprint density at radius 1 is 1.15 bits per heavy atom. The van der Waals surface area contributed by atoms with Crippen molar-refractivity contribution in [3.8, 4) is 0 Å². The Kier molecular flexibility index (Phi) is 6.03. The van der Waals surface area contributed by atoms with Crippen LogP contribution in [0, 0.1) is 13.8 Å². The summed E-state index contributed by atoms with van der Waals surface area (Å²) in [6.07, 6.45) is 0.817. The van der Waals surface area contributed by atoms with Gasteiger partial charge in [0.15, 0.2) is 5.11 Å². The van der Waals surface area contributed by atoms with E-state index in [1.54, 1.807) is 12.1 Å². The van der Waals surface area contributed by atoms with E-state index in [9.17, 15) is 4.79 Å². The maximum absolute atomic E-state index is 12.3. The maximum atomic E-state index is 12.3. The second-order valence-corrected chi connectivity index (χ2v) is 7.44. The molecule has 3 rings (SSSR count). The lowest BCUT2D eigenvalue weighted by molar-refractivity contribution is 0.0977. The molecule has 0 fully saturated rings. The van der Waals surface area contributed by atoms with Crippen LogP contribution in [0.5, 0.6) is 0 Å². The van der Waals surface area contributed by atoms with Crippen molar-refractivity contribution in [3.63, 3.8) is 0 Å². The first-order valence-corrected chi connectivity index (χ1v) is 9.60. The number of rotatable bonds is 4. The molecule has 0 spiro atoms. The topological polar surface area (TPSA) is 69.8 Å². The van der Waals surface area contributed by atoms with Crippen LogP contribution in [0.3, 0.4) is 0 Å². The Hall–Kier alpha value is -2.51. The highest BCUT2D eigenvalue weighted by Gasteiger charge is 2.11. The fourth-order valence-corrected chi connectivity index (χ4v) is 3.40. The second-order valence-electron chi connectivity index (χ2n) is 6.17. The van der Waals surface area contributed by atoms with Gasteiger partial charge in [0, 0.05) is 27.8 Å². The highest BCUT2D eigenvalue weighted by Crippen LogP contribution is 2.18. The van der Waals surface area contributed by atoms with E-state index in [0.717, 1.165) is 28.0 Å². The van der Waals surface area contributed by atoms with Gasteiger partial charge in [-0.1, -0.05) is 24.3 Å². The van der Waals surface area contributed by atoms with E-state index in [0.29, 0.717) is 5.56 Å². The Morgan fingerprint density at radius 2 is 1.85 bits per heavy atom. The number of halogens is 1. The van der Waals surface area contributed by atoms with E-state index in [1.165, 1.54) is 11.1 Å². The molecule has 5 nitrogen and oxygen atoms in total. The molecule has 2 aromatic carbocycles. The van der Waals surface area contributed by atoms with E-state index in [-0.39, 0.29) is 11.0 Å². The fourth-order valence-electron chi connectivity index (χ4n) is 2.72. The molecular weight excluding hydrogens is 424 g/mol. The summed E-state index contributed by atoms with van der Waals surface area (Å²) in [6.45, 7) is 4.03. The van der Waals surface area contributed by atoms with Gasteiger partial charge in [0.05, 0.1) is 11.3 Å². The summed E-state index contributed by atoms with van der Waals surface area (Å²) in [5.41, 5.74) is 5.85. The van der Waals surface area contributed by atoms with Crippen LogP contribution < -0.4 is 10.6 Å². The zero-order valence-corrected chi connectivity index (χ0v) is 17.4. The first kappa shape index (κ1) is 19.3. The van der Waals surface area contributed by atoms with Crippen LogP contribution in [0.15, 0.2) is 53.0 Å². The summed E-state index contributed by atoms with van der Waals surface area (Å²) in [7, 11) is 0. The molecule has 0 aliphatic heterocycles. The van der Waals surface area contributed by atoms with Crippen molar-refractivity contribution in [3.05, 3.63) is 81.1 Å². The van der Waals surface area contributed by atoms with Crippen molar-refractivity contribution in [2.75, 3.05) is 5.32 Å². The van der Waals surface area contributed by atoms with Gasteiger partial charge >= 0.3 is 0 Å². The minimum Gasteiger partial charge on any atom is -0.332 e. The molecule has 0 radical (unpaired) electrons. The van der Waals surface area contributed by atoms with Crippen molar-refractivity contribution in [2.45, 2.75) is 20.3 Å². The predicted octanol–water partition coefficient (Wildman–Crippen LogP) is 4.51. The van der Waals surface area contributed by atoms with Gasteiger partial charge in [0.1, 0.15) is 0 Å². The van der Waals surface area contributed by atoms with Crippen LogP contribution in [0.25, 0.3) is 0 Å². The number of carbonyl (C=O) groups excluding carboxylic acids is 1. The largest absolute Gasteiger partial charge is 0.332 e. The van der Waals surface area contributed by atoms with Gasteiger partial charge in [-0.2, -0.15) is 5.10 Å². The molecule has 138 valence electrons. The Balaban J connectivity index is 1.60. The third-order valence-corrected chi connectivity index (χ3v) is 5.11. The molecule has 1 amide bonds. The molecule has 7 heteroatoms. The molecule has 3 N–H and O–H groups in total. The predicted molar refractivity (Wildman–Crippen MR) is 115 cm³/mol. The van der Waals surface area contributed by atoms with Crippen molar-refractivity contribution in [1.29, 1.82) is 0 Å². The fraction of sp³-hybridized carbons (Fsp3) is 0.150. The number of aromatic nitrogens is 2. The summed E-state index contributed by atoms with van der Waals surface area (Å²) >= 11 is 8.61. The van der Waals surface area contributed by atoms with E-state index >= 15 is 0 Å². The first-order chi connectivity index (χ1) is 12.9. The molecule has 27 heavy (non-hydrogen) atoms. The Labute approximate surface area is 171 Å². The van der Waals surface area contributed by atoms with Gasteiger partial charge in [0.25, 0.3) is 5.91 Å². The van der Waals surface area contributed by atoms with Crippen LogP contribution >= 0.6 is 28.1 Å². The van der Waals surface area contributed by atoms with E-state index in [2.05, 4.69) is 36.8 Å². The molecule has 0 atom stereocenters. The lowest BCUT2D eigenvalue weighted by atomic mass is 10.0. The number of nitrogens with one attached hydrogen (secondary N) is 3. The van der Waals surface area contributed by atoms with Crippen LogP contribution in [0.4, 0.5) is 5.69 Å². The monoisotopic (exact) mass is 442 g/mol. The first-order valence-electron chi connectivity index (χ1n) is 8.40. The normalized spacial score (nSPS) is 10.5. The second kappa shape index (κ2) is 8.45. The molecule has 1 aromatic heterocycles. The number of thiocarbonyl (C=S) groups is 1. The summed E-state index contributed by atoms with van der Waals surface area (Å²) < 4.78 is 0.722. The summed E-state index contributed by atoms with van der Waals surface area (Å²) in [5.74, 6) is -0.262. The SMILES string of the molecule is Cc1n[nH]c(C)c1Cc1ccc(NC(=S)NC(=O)c2ccccc2Br)cc1. The van der Waals surface area contributed by atoms with Crippen molar-refractivity contribution < 1.29 is 4.79 Å². The number of aromatic amines is 1. The highest BCUT2D eigenvalue weighted by molar-refractivity contribution is 9.10. The molecule has 0 saturated heterocycles. The molecule has 1 heterocycles. The number of hydrogen-bond donors (Lipinski definition) is 3. The lowest BCUT2D eigenvalue weighted by Crippen LogP contribution is -2.34. The highest BCUT2D eigenvalue weighted by atomic mass is 79.9. The summed E-state index contributed by atoms with van der Waals surface area (Å²) in [5, 5.41) is 13.2. The molecule has 0 bridgehead atoms. The van der Waals surface area contributed by atoms with Gasteiger partial charge < -0.3 is 5.32 Å². The molecule has 0 unspecified atom stereocenters. The molecular formula is C20H19BrN4OS. The third kappa shape index (κ3) is 4.81. The number of aryl methyl sites for hydroxylation is 2. The smallest absolute Gasteiger partial charge is 0.258 e. The number of nitrogens with zero attached hydrogens (tertiary/aromatic N) is 1. The Bertz CT molecular complexity index is 962. The number of benzene rings is 2. The van der Waals surface area contributed by atoms with Crippen molar-refractivity contribution in [2.24, 2.45) is 0 Å². The number of amides is 1. The zero-order chi connectivity index (χ0) is 19.4. The number of anilines is 1. The quantitative estimate of drug-likeness (QED) is 0.519. The van der Waals surface area contributed by atoms with E-state index < -0.39 is 0 Å². The van der Waals surface area contributed by atoms with Crippen LogP contribution in [-0.2, 0) is 6.42 Å². The third-order valence-electron chi connectivity index (χ3n) is 4.22. The van der Waals surface area contributed by atoms with E-state index in [4.69, 9.17) is 12.2 Å². The molecule has 0 aliphatic carbocycles. The van der Waals surface area contributed by atoms with Crippen molar-refractivity contribution >= 4 is 44.9 Å². The molecule has 3 aromatic rings. The van der Waals surface area contributed by atoms with Gasteiger partial charge in [-0.25, -0.2) is 0 Å². The van der Waals surface area contributed by atoms with Gasteiger partial charge in [-0.05, 0) is 71.8 Å². The lowest BCUT2D eigenvalue weighted by Gasteiger charge is -2.11. The van der Waals surface area contributed by atoms with Gasteiger partial charge in [-0.3, -0.25) is 15.2 Å². The minimum absolute atomic E-state index is 0.255. The zero-order valence-electron chi connectivity index (χ0n) is 15.0. The number of H-pyrrole nitrogens is 1. The van der Waals surface area contributed by atoms with Crippen LogP contribution in [-0.4, -0.2) is 21.2 Å². The van der Waals surface area contributed by atoms with Gasteiger partial charge in [0.2, 0.25) is 0 Å². The average molecular weight is 443 g/mol. The van der Waals surface area contributed by atoms with Crippen molar-refractivity contribution in [1.82, 2.24) is 15.5 Å². The Morgan fingerprint density at radius 3 is 2.48 bits per heavy atom. The molecule has 0 aliphatic rings. The molecule has 0 saturated carbocycles. The minimum atomic E-state index is -0.262. The van der Waals surface area contributed by atoms with Crippen LogP contribution in [0.2, 0.25) is 0 Å². The van der Waals surface area contributed by atoms with Gasteiger partial charge in [-0.15, -0.1) is 0 Å². The summed E-state index contributed by atoms with van der Waals surface area (Å²) in [4.78, 5) is 12.3. The average Bonchev–Trinajstić information content (AvgIpc) is 2.95. The maximum Gasteiger partial charge on any atom is 0.258 e. The van der Waals surface area contributed by atoms with Crippen LogP contribution in [0.1, 0.15) is 32.9 Å².